The first-order chi connectivity index (χ1) is 17.2. The third-order valence-corrected chi connectivity index (χ3v) is 5.93. The fourth-order valence-electron chi connectivity index (χ4n) is 4.25. The Labute approximate surface area is 201 Å². The number of rotatable bonds is 7. The summed E-state index contributed by atoms with van der Waals surface area (Å²) in [4.78, 5) is 14.8. The molecule has 2 unspecified atom stereocenters. The lowest BCUT2D eigenvalue weighted by Gasteiger charge is -2.16. The van der Waals surface area contributed by atoms with Gasteiger partial charge in [-0.1, -0.05) is 52.8 Å². The van der Waals surface area contributed by atoms with Gasteiger partial charge in [-0.2, -0.15) is 18.2 Å². The lowest BCUT2D eigenvalue weighted by molar-refractivity contribution is -0.137. The van der Waals surface area contributed by atoms with Crippen LogP contribution in [0.2, 0.25) is 0 Å². The van der Waals surface area contributed by atoms with E-state index in [1.54, 1.807) is 36.4 Å². The van der Waals surface area contributed by atoms with Crippen LogP contribution in [0.15, 0.2) is 57.6 Å². The summed E-state index contributed by atoms with van der Waals surface area (Å²) >= 11 is 0. The highest BCUT2D eigenvalue weighted by molar-refractivity contribution is 5.71. The van der Waals surface area contributed by atoms with E-state index in [4.69, 9.17) is 14.2 Å². The number of fused-ring (bicyclic) bond motifs is 1. The topological polar surface area (TPSA) is 135 Å². The molecule has 0 saturated heterocycles. The number of nitrogens with one attached hydrogen (secondary N) is 1. The first-order valence-corrected chi connectivity index (χ1v) is 10.9. The molecule has 0 spiro atoms. The number of aliphatic carboxylic acids is 1. The SMILES string of the molecule is O=C(O)CCNC1Cc2cc(-c3noc(-c4onc(-c5ccccc5)c4C(F)(F)F)n3)ccc2C1O. The molecular weight excluding hydrogens is 481 g/mol. The predicted molar refractivity (Wildman–Crippen MR) is 118 cm³/mol. The maximum atomic E-state index is 13.9. The molecular formula is C24H19F3N4O5. The molecule has 1 aliphatic carbocycles. The van der Waals surface area contributed by atoms with Gasteiger partial charge in [-0.15, -0.1) is 0 Å². The average Bonchev–Trinajstić information content (AvgIpc) is 3.56. The van der Waals surface area contributed by atoms with Crippen molar-refractivity contribution in [2.45, 2.75) is 31.2 Å². The summed E-state index contributed by atoms with van der Waals surface area (Å²) in [5.41, 5.74) is 0.641. The van der Waals surface area contributed by atoms with Crippen molar-refractivity contribution in [1.82, 2.24) is 20.6 Å². The van der Waals surface area contributed by atoms with Crippen LogP contribution in [-0.2, 0) is 17.4 Å². The van der Waals surface area contributed by atoms with Crippen LogP contribution in [0.3, 0.4) is 0 Å². The van der Waals surface area contributed by atoms with E-state index < -0.39 is 35.5 Å². The van der Waals surface area contributed by atoms with Crippen LogP contribution in [-0.4, -0.2) is 44.1 Å². The van der Waals surface area contributed by atoms with Crippen LogP contribution in [0, 0.1) is 0 Å². The lowest BCUT2D eigenvalue weighted by Crippen LogP contribution is -2.34. The average molecular weight is 500 g/mol. The maximum Gasteiger partial charge on any atom is 0.422 e. The van der Waals surface area contributed by atoms with Crippen LogP contribution in [0.1, 0.15) is 29.2 Å². The van der Waals surface area contributed by atoms with Gasteiger partial charge in [0.1, 0.15) is 11.3 Å². The molecule has 0 aliphatic heterocycles. The zero-order chi connectivity index (χ0) is 25.4. The Morgan fingerprint density at radius 1 is 1.08 bits per heavy atom. The smallest absolute Gasteiger partial charge is 0.422 e. The molecule has 0 amide bonds. The highest BCUT2D eigenvalue weighted by Gasteiger charge is 2.43. The zero-order valence-electron chi connectivity index (χ0n) is 18.5. The fourth-order valence-corrected chi connectivity index (χ4v) is 4.25. The number of nitrogens with zero attached hydrogens (tertiary/aromatic N) is 3. The first kappa shape index (κ1) is 23.7. The standard InChI is InChI=1S/C24H19F3N4O5/c25-24(26,27)18-19(12-4-2-1-3-5-12)30-35-21(18)23-29-22(31-36-23)13-6-7-15-14(10-13)11-16(20(15)34)28-9-8-17(32)33/h1-7,10,16,20,28,34H,8-9,11H2,(H,32,33). The second kappa shape index (κ2) is 9.21. The Kier molecular flexibility index (Phi) is 6.06. The molecule has 0 bridgehead atoms. The van der Waals surface area contributed by atoms with Gasteiger partial charge < -0.3 is 24.6 Å². The molecule has 12 heteroatoms. The molecule has 1 aliphatic rings. The first-order valence-electron chi connectivity index (χ1n) is 10.9. The van der Waals surface area contributed by atoms with Crippen molar-refractivity contribution in [1.29, 1.82) is 0 Å². The number of carbonyl (C=O) groups is 1. The number of alkyl halides is 3. The van der Waals surface area contributed by atoms with Gasteiger partial charge in [0.05, 0.1) is 12.5 Å². The Morgan fingerprint density at radius 3 is 2.58 bits per heavy atom. The minimum Gasteiger partial charge on any atom is -0.481 e. The Balaban J connectivity index is 1.42. The molecule has 0 fully saturated rings. The quantitative estimate of drug-likeness (QED) is 0.343. The molecule has 2 atom stereocenters. The molecule has 5 rings (SSSR count). The van der Waals surface area contributed by atoms with Gasteiger partial charge in [0.2, 0.25) is 11.6 Å². The van der Waals surface area contributed by atoms with Gasteiger partial charge in [-0.05, 0) is 23.6 Å². The molecule has 0 saturated carbocycles. The van der Waals surface area contributed by atoms with Gasteiger partial charge >= 0.3 is 12.1 Å². The predicted octanol–water partition coefficient (Wildman–Crippen LogP) is 4.10. The van der Waals surface area contributed by atoms with Gasteiger partial charge in [0.25, 0.3) is 5.89 Å². The second-order valence-electron chi connectivity index (χ2n) is 8.29. The van der Waals surface area contributed by atoms with E-state index >= 15 is 0 Å². The molecule has 2 heterocycles. The number of benzene rings is 2. The van der Waals surface area contributed by atoms with E-state index in [1.807, 2.05) is 0 Å². The fraction of sp³-hybridized carbons (Fsp3) is 0.250. The third kappa shape index (κ3) is 4.48. The van der Waals surface area contributed by atoms with Crippen molar-refractivity contribution >= 4 is 5.97 Å². The largest absolute Gasteiger partial charge is 0.481 e. The Bertz CT molecular complexity index is 1400. The van der Waals surface area contributed by atoms with Crippen LogP contribution in [0.4, 0.5) is 13.2 Å². The van der Waals surface area contributed by atoms with Crippen LogP contribution in [0.25, 0.3) is 34.3 Å². The molecule has 2 aromatic carbocycles. The summed E-state index contributed by atoms with van der Waals surface area (Å²) < 4.78 is 52.0. The molecule has 0 radical (unpaired) electrons. The molecule has 2 aromatic heterocycles. The highest BCUT2D eigenvalue weighted by Crippen LogP contribution is 2.43. The van der Waals surface area contributed by atoms with Crippen LogP contribution in [0.5, 0.6) is 0 Å². The Morgan fingerprint density at radius 2 is 1.86 bits per heavy atom. The number of aliphatic hydroxyl groups is 1. The zero-order valence-corrected chi connectivity index (χ0v) is 18.5. The van der Waals surface area contributed by atoms with E-state index in [-0.39, 0.29) is 36.1 Å². The highest BCUT2D eigenvalue weighted by atomic mass is 19.4. The molecule has 4 aromatic rings. The van der Waals surface area contributed by atoms with Crippen molar-refractivity contribution in [3.63, 3.8) is 0 Å². The molecule has 186 valence electrons. The lowest BCUT2D eigenvalue weighted by atomic mass is 10.0. The van der Waals surface area contributed by atoms with Crippen molar-refractivity contribution in [2.24, 2.45) is 0 Å². The van der Waals surface area contributed by atoms with Crippen LogP contribution < -0.4 is 5.32 Å². The normalized spacial score (nSPS) is 17.3. The number of aromatic nitrogens is 3. The van der Waals surface area contributed by atoms with E-state index in [0.29, 0.717) is 17.5 Å². The summed E-state index contributed by atoms with van der Waals surface area (Å²) in [6.07, 6.45) is -5.27. The third-order valence-electron chi connectivity index (χ3n) is 5.93. The second-order valence-corrected chi connectivity index (χ2v) is 8.29. The molecule has 36 heavy (non-hydrogen) atoms. The number of aliphatic hydroxyl groups excluding tert-OH is 1. The minimum atomic E-state index is -4.79. The van der Waals surface area contributed by atoms with Gasteiger partial charge in [0.15, 0.2) is 0 Å². The number of halogens is 3. The Hall–Kier alpha value is -4.03. The summed E-state index contributed by atoms with van der Waals surface area (Å²) in [5.74, 6) is -2.06. The number of carboxylic acid groups (broad SMARTS) is 1. The number of carboxylic acids is 1. The summed E-state index contributed by atoms with van der Waals surface area (Å²) in [5, 5.41) is 29.8. The minimum absolute atomic E-state index is 0.0374. The molecule has 9 nitrogen and oxygen atoms in total. The van der Waals surface area contributed by atoms with Gasteiger partial charge in [-0.25, -0.2) is 0 Å². The van der Waals surface area contributed by atoms with Gasteiger partial charge in [0, 0.05) is 23.7 Å². The van der Waals surface area contributed by atoms with Crippen molar-refractivity contribution in [2.75, 3.05) is 6.54 Å². The van der Waals surface area contributed by atoms with Gasteiger partial charge in [-0.3, -0.25) is 4.79 Å². The summed E-state index contributed by atoms with van der Waals surface area (Å²) in [6.45, 7) is 0.204. The summed E-state index contributed by atoms with van der Waals surface area (Å²) in [7, 11) is 0. The van der Waals surface area contributed by atoms with Crippen LogP contribution >= 0.6 is 0 Å². The van der Waals surface area contributed by atoms with Crippen molar-refractivity contribution in [3.8, 4) is 34.3 Å². The van der Waals surface area contributed by atoms with E-state index in [9.17, 15) is 23.1 Å². The van der Waals surface area contributed by atoms with Crippen molar-refractivity contribution < 1.29 is 37.2 Å². The monoisotopic (exact) mass is 500 g/mol. The number of hydrogen-bond acceptors (Lipinski definition) is 8. The molecule has 3 N–H and O–H groups in total. The van der Waals surface area contributed by atoms with E-state index in [0.717, 1.165) is 5.56 Å². The van der Waals surface area contributed by atoms with E-state index in [2.05, 4.69) is 20.6 Å². The van der Waals surface area contributed by atoms with Crippen molar-refractivity contribution in [3.05, 3.63) is 65.2 Å². The summed E-state index contributed by atoms with van der Waals surface area (Å²) in [6, 6.07) is 12.5. The number of hydrogen-bond donors (Lipinski definition) is 3. The maximum absolute atomic E-state index is 13.9. The van der Waals surface area contributed by atoms with E-state index in [1.165, 1.54) is 12.1 Å².